The number of carboxylic acids is 1. The molecular formula is C9H6F5NO2. The highest BCUT2D eigenvalue weighted by molar-refractivity contribution is 5.78. The first-order valence-electron chi connectivity index (χ1n) is 4.22. The van der Waals surface area contributed by atoms with Crippen molar-refractivity contribution < 1.29 is 32.0 Å². The van der Waals surface area contributed by atoms with Crippen LogP contribution in [0.1, 0.15) is 5.56 Å². The predicted molar refractivity (Wildman–Crippen MR) is 45.9 cm³/mol. The Morgan fingerprint density at radius 2 is 1.59 bits per heavy atom. The summed E-state index contributed by atoms with van der Waals surface area (Å²) in [6.45, 7) is 0. The quantitative estimate of drug-likeness (QED) is 0.510. The lowest BCUT2D eigenvalue weighted by atomic mass is 9.99. The van der Waals surface area contributed by atoms with E-state index in [1.165, 1.54) is 6.07 Å². The van der Waals surface area contributed by atoms with Crippen molar-refractivity contribution in [3.63, 3.8) is 0 Å². The molecule has 0 unspecified atom stereocenters. The zero-order valence-corrected chi connectivity index (χ0v) is 8.08. The normalized spacial score (nSPS) is 15.6. The van der Waals surface area contributed by atoms with Gasteiger partial charge < -0.3 is 5.11 Å². The Morgan fingerprint density at radius 3 is 1.94 bits per heavy atom. The van der Waals surface area contributed by atoms with Gasteiger partial charge in [0.2, 0.25) is 0 Å². The highest BCUT2D eigenvalue weighted by Gasteiger charge is 2.68. The molecule has 1 aromatic rings. The van der Waals surface area contributed by atoms with E-state index in [0.717, 1.165) is 12.1 Å². The molecule has 3 nitrogen and oxygen atoms in total. The van der Waals surface area contributed by atoms with Crippen LogP contribution in [-0.4, -0.2) is 22.2 Å². The van der Waals surface area contributed by atoms with Crippen LogP contribution in [0.2, 0.25) is 0 Å². The fraction of sp³-hybridized carbons (Fsp3) is 0.222. The van der Waals surface area contributed by atoms with E-state index in [0.29, 0.717) is 12.1 Å². The number of halogens is 5. The minimum absolute atomic E-state index is 0.654. The summed E-state index contributed by atoms with van der Waals surface area (Å²) in [5, 5.41) is 5.57. The highest BCUT2D eigenvalue weighted by atomic mass is 19.4. The molecule has 0 saturated heterocycles. The molecule has 0 fully saturated rings. The van der Waals surface area contributed by atoms with E-state index in [1.807, 2.05) is 0 Å². The zero-order valence-electron chi connectivity index (χ0n) is 8.08. The van der Waals surface area contributed by atoms with Crippen molar-refractivity contribution in [2.45, 2.75) is 11.7 Å². The molecule has 1 aromatic carbocycles. The number of carbonyl (C=O) groups is 1. The molecule has 0 amide bonds. The maximum atomic E-state index is 13.4. The van der Waals surface area contributed by atoms with Crippen LogP contribution in [0.4, 0.5) is 22.1 Å². The van der Waals surface area contributed by atoms with Crippen LogP contribution in [0.3, 0.4) is 0 Å². The Balaban J connectivity index is 3.33. The third-order valence-electron chi connectivity index (χ3n) is 2.07. The summed E-state index contributed by atoms with van der Waals surface area (Å²) in [5.41, 5.74) is -1.16. The lowest BCUT2D eigenvalue weighted by molar-refractivity contribution is -0.339. The molecule has 94 valence electrons. The summed E-state index contributed by atoms with van der Waals surface area (Å²) < 4.78 is 64.4. The van der Waals surface area contributed by atoms with Crippen molar-refractivity contribution in [2.24, 2.45) is 0 Å². The van der Waals surface area contributed by atoms with Gasteiger partial charge in [0, 0.05) is 5.56 Å². The zero-order chi connectivity index (χ0) is 13.3. The first-order valence-corrected chi connectivity index (χ1v) is 4.22. The molecule has 0 saturated carbocycles. The molecule has 1 rings (SSSR count). The van der Waals surface area contributed by atoms with Crippen molar-refractivity contribution in [1.29, 1.82) is 0 Å². The summed E-state index contributed by atoms with van der Waals surface area (Å²) in [5.74, 6) is -13.0. The van der Waals surface area contributed by atoms with Crippen molar-refractivity contribution in [2.75, 3.05) is 0 Å². The van der Waals surface area contributed by atoms with Crippen LogP contribution in [0.15, 0.2) is 30.3 Å². The Labute approximate surface area is 91.9 Å². The number of aliphatic carboxylic acids is 1. The summed E-state index contributed by atoms with van der Waals surface area (Å²) in [7, 11) is 0. The second-order valence-electron chi connectivity index (χ2n) is 3.10. The molecule has 0 radical (unpaired) electrons. The molecule has 0 heterocycles. The topological polar surface area (TPSA) is 40.5 Å². The summed E-state index contributed by atoms with van der Waals surface area (Å²) in [6, 6.07) is 4.70. The number of alkyl halides is 3. The molecule has 0 bridgehead atoms. The van der Waals surface area contributed by atoms with Crippen molar-refractivity contribution in [3.05, 3.63) is 35.9 Å². The molecule has 8 heteroatoms. The van der Waals surface area contributed by atoms with Gasteiger partial charge in [0.15, 0.2) is 0 Å². The van der Waals surface area contributed by atoms with Gasteiger partial charge in [-0.2, -0.15) is 8.78 Å². The lowest BCUT2D eigenvalue weighted by Gasteiger charge is -2.29. The third kappa shape index (κ3) is 1.95. The van der Waals surface area contributed by atoms with E-state index in [2.05, 4.69) is 0 Å². The van der Waals surface area contributed by atoms with Crippen LogP contribution in [0.5, 0.6) is 0 Å². The van der Waals surface area contributed by atoms with E-state index < -0.39 is 28.6 Å². The summed E-state index contributed by atoms with van der Waals surface area (Å²) >= 11 is 0. The average molecular weight is 255 g/mol. The van der Waals surface area contributed by atoms with Crippen molar-refractivity contribution >= 4 is 5.97 Å². The molecule has 1 atom stereocenters. The van der Waals surface area contributed by atoms with Crippen LogP contribution >= 0.6 is 0 Å². The Hall–Kier alpha value is -1.70. The molecule has 0 aliphatic rings. The number of benzene rings is 1. The first kappa shape index (κ1) is 13.4. The van der Waals surface area contributed by atoms with Crippen LogP contribution in [0.25, 0.3) is 0 Å². The van der Waals surface area contributed by atoms with Gasteiger partial charge in [0.05, 0.1) is 5.34 Å². The van der Waals surface area contributed by atoms with Crippen molar-refractivity contribution in [3.8, 4) is 0 Å². The molecule has 0 spiro atoms. The van der Waals surface area contributed by atoms with Gasteiger partial charge in [0.25, 0.3) is 0 Å². The predicted octanol–water partition coefficient (Wildman–Crippen LogP) is 2.60. The van der Waals surface area contributed by atoms with Gasteiger partial charge in [0.1, 0.15) is 0 Å². The fourth-order valence-electron chi connectivity index (χ4n) is 1.15. The molecule has 0 aliphatic carbocycles. The standard InChI is InChI=1S/C9H6F5NO2/c10-8(11,6-4-2-1-3-5-6)9(12,7(16)17)15(13)14/h1-5H,(H,16,17)/t9-/m0/s1. The van der Waals surface area contributed by atoms with E-state index >= 15 is 0 Å². The molecule has 0 aromatic heterocycles. The third-order valence-corrected chi connectivity index (χ3v) is 2.07. The van der Waals surface area contributed by atoms with Crippen LogP contribution in [0, 0.1) is 0 Å². The average Bonchev–Trinajstić information content (AvgIpc) is 2.28. The van der Waals surface area contributed by atoms with E-state index in [4.69, 9.17) is 5.11 Å². The van der Waals surface area contributed by atoms with Gasteiger partial charge in [-0.15, -0.1) is 0 Å². The van der Waals surface area contributed by atoms with Crippen LogP contribution < -0.4 is 0 Å². The van der Waals surface area contributed by atoms with Gasteiger partial charge in [-0.3, -0.25) is 0 Å². The summed E-state index contributed by atoms with van der Waals surface area (Å²) in [6.07, 6.45) is 0. The Morgan fingerprint density at radius 1 is 1.12 bits per heavy atom. The van der Waals surface area contributed by atoms with Crippen LogP contribution in [-0.2, 0) is 10.7 Å². The van der Waals surface area contributed by atoms with Gasteiger partial charge in [-0.25, -0.2) is 9.18 Å². The molecule has 0 aliphatic heterocycles. The van der Waals surface area contributed by atoms with E-state index in [-0.39, 0.29) is 0 Å². The molecule has 1 N–H and O–H groups in total. The minimum atomic E-state index is -5.12. The SMILES string of the molecule is O=C(O)[C@](F)(N(F)F)C(F)(F)c1ccccc1. The molecule has 17 heavy (non-hydrogen) atoms. The highest BCUT2D eigenvalue weighted by Crippen LogP contribution is 2.44. The minimum Gasteiger partial charge on any atom is -0.478 e. The van der Waals surface area contributed by atoms with Crippen molar-refractivity contribution in [1.82, 2.24) is 5.34 Å². The Bertz CT molecular complexity index is 411. The molecular weight excluding hydrogens is 249 g/mol. The second-order valence-corrected chi connectivity index (χ2v) is 3.10. The summed E-state index contributed by atoms with van der Waals surface area (Å²) in [4.78, 5) is 10.3. The first-order chi connectivity index (χ1) is 7.74. The maximum absolute atomic E-state index is 13.4. The maximum Gasteiger partial charge on any atom is 0.382 e. The number of carboxylic acid groups (broad SMARTS) is 1. The number of hydrogen-bond acceptors (Lipinski definition) is 2. The number of nitrogens with zero attached hydrogens (tertiary/aromatic N) is 1. The smallest absolute Gasteiger partial charge is 0.382 e. The second kappa shape index (κ2) is 4.28. The largest absolute Gasteiger partial charge is 0.478 e. The fourth-order valence-corrected chi connectivity index (χ4v) is 1.15. The monoisotopic (exact) mass is 255 g/mol. The van der Waals surface area contributed by atoms with E-state index in [9.17, 15) is 26.9 Å². The van der Waals surface area contributed by atoms with E-state index in [1.54, 1.807) is 0 Å². The van der Waals surface area contributed by atoms with Gasteiger partial charge >= 0.3 is 17.7 Å². The Kier molecular flexibility index (Phi) is 3.37. The number of rotatable bonds is 4. The lowest BCUT2D eigenvalue weighted by Crippen LogP contribution is -2.55. The van der Waals surface area contributed by atoms with Gasteiger partial charge in [-0.1, -0.05) is 39.3 Å². The van der Waals surface area contributed by atoms with Gasteiger partial charge in [-0.05, 0) is 0 Å². The number of hydrogen-bond donors (Lipinski definition) is 1.